The Kier molecular flexibility index (Phi) is 4.56. The highest BCUT2D eigenvalue weighted by atomic mass is 16.5. The van der Waals surface area contributed by atoms with Crippen molar-refractivity contribution in [1.82, 2.24) is 0 Å². The zero-order valence-corrected chi connectivity index (χ0v) is 10.8. The predicted octanol–water partition coefficient (Wildman–Crippen LogP) is 3.27. The quantitative estimate of drug-likeness (QED) is 0.588. The maximum absolute atomic E-state index is 10.5. The standard InChI is InChI=1S/C16H16O3/c1-13-4-2-3-5-16(13)19-11-10-18-15-8-6-14(12-17)7-9-15/h2-9,12H,10-11H2,1H3. The van der Waals surface area contributed by atoms with E-state index >= 15 is 0 Å². The normalized spacial score (nSPS) is 9.95. The van der Waals surface area contributed by atoms with Crippen molar-refractivity contribution in [1.29, 1.82) is 0 Å². The predicted molar refractivity (Wildman–Crippen MR) is 74.0 cm³/mol. The van der Waals surface area contributed by atoms with Crippen molar-refractivity contribution in [2.75, 3.05) is 13.2 Å². The number of ether oxygens (including phenoxy) is 2. The maximum Gasteiger partial charge on any atom is 0.150 e. The van der Waals surface area contributed by atoms with Gasteiger partial charge in [0.25, 0.3) is 0 Å². The van der Waals surface area contributed by atoms with Crippen molar-refractivity contribution in [3.8, 4) is 11.5 Å². The lowest BCUT2D eigenvalue weighted by atomic mass is 10.2. The minimum Gasteiger partial charge on any atom is -0.490 e. The molecule has 2 rings (SSSR count). The van der Waals surface area contributed by atoms with Crippen LogP contribution in [0.3, 0.4) is 0 Å². The highest BCUT2D eigenvalue weighted by Crippen LogP contribution is 2.16. The van der Waals surface area contributed by atoms with Gasteiger partial charge in [-0.1, -0.05) is 18.2 Å². The molecule has 0 bridgehead atoms. The van der Waals surface area contributed by atoms with E-state index in [4.69, 9.17) is 9.47 Å². The highest BCUT2D eigenvalue weighted by Gasteiger charge is 1.98. The van der Waals surface area contributed by atoms with Crippen molar-refractivity contribution in [2.45, 2.75) is 6.92 Å². The Morgan fingerprint density at radius 1 is 0.947 bits per heavy atom. The summed E-state index contributed by atoms with van der Waals surface area (Å²) in [5.74, 6) is 1.61. The third kappa shape index (κ3) is 3.85. The fourth-order valence-electron chi connectivity index (χ4n) is 1.67. The second-order valence-corrected chi connectivity index (χ2v) is 4.15. The molecular formula is C16H16O3. The summed E-state index contributed by atoms with van der Waals surface area (Å²) in [4.78, 5) is 10.5. The van der Waals surface area contributed by atoms with Crippen LogP contribution in [0, 0.1) is 6.92 Å². The molecule has 19 heavy (non-hydrogen) atoms. The van der Waals surface area contributed by atoms with Crippen molar-refractivity contribution in [2.24, 2.45) is 0 Å². The van der Waals surface area contributed by atoms with Gasteiger partial charge < -0.3 is 9.47 Å². The molecule has 0 amide bonds. The smallest absolute Gasteiger partial charge is 0.150 e. The number of rotatable bonds is 6. The fourth-order valence-corrected chi connectivity index (χ4v) is 1.67. The Hall–Kier alpha value is -2.29. The van der Waals surface area contributed by atoms with Gasteiger partial charge in [0, 0.05) is 5.56 Å². The molecule has 0 N–H and O–H groups in total. The van der Waals surface area contributed by atoms with E-state index in [0.29, 0.717) is 18.8 Å². The second kappa shape index (κ2) is 6.59. The third-order valence-corrected chi connectivity index (χ3v) is 2.72. The van der Waals surface area contributed by atoms with Crippen LogP contribution in [0.2, 0.25) is 0 Å². The van der Waals surface area contributed by atoms with E-state index in [1.165, 1.54) is 0 Å². The first-order valence-corrected chi connectivity index (χ1v) is 6.16. The van der Waals surface area contributed by atoms with Crippen molar-refractivity contribution in [3.63, 3.8) is 0 Å². The molecule has 0 aliphatic rings. The number of aryl methyl sites for hydroxylation is 1. The summed E-state index contributed by atoms with van der Waals surface area (Å²) in [7, 11) is 0. The van der Waals surface area contributed by atoms with Gasteiger partial charge in [0.1, 0.15) is 31.0 Å². The van der Waals surface area contributed by atoms with Crippen molar-refractivity contribution < 1.29 is 14.3 Å². The Morgan fingerprint density at radius 3 is 2.32 bits per heavy atom. The van der Waals surface area contributed by atoms with Crippen LogP contribution in [0.25, 0.3) is 0 Å². The van der Waals surface area contributed by atoms with Crippen LogP contribution < -0.4 is 9.47 Å². The molecular weight excluding hydrogens is 240 g/mol. The van der Waals surface area contributed by atoms with E-state index in [-0.39, 0.29) is 0 Å². The Labute approximate surface area is 112 Å². The van der Waals surface area contributed by atoms with Crippen LogP contribution in [-0.4, -0.2) is 19.5 Å². The summed E-state index contributed by atoms with van der Waals surface area (Å²) < 4.78 is 11.1. The molecule has 0 aliphatic carbocycles. The molecule has 0 saturated carbocycles. The molecule has 0 unspecified atom stereocenters. The molecule has 2 aromatic rings. The van der Waals surface area contributed by atoms with E-state index in [9.17, 15) is 4.79 Å². The Bertz CT molecular complexity index is 532. The van der Waals surface area contributed by atoms with E-state index in [2.05, 4.69) is 0 Å². The molecule has 2 aromatic carbocycles. The lowest BCUT2D eigenvalue weighted by molar-refractivity contribution is 0.112. The minimum atomic E-state index is 0.467. The van der Waals surface area contributed by atoms with Crippen molar-refractivity contribution >= 4 is 6.29 Å². The average molecular weight is 256 g/mol. The first kappa shape index (κ1) is 13.1. The second-order valence-electron chi connectivity index (χ2n) is 4.15. The summed E-state index contributed by atoms with van der Waals surface area (Å²) in [6.07, 6.45) is 0.811. The van der Waals surface area contributed by atoms with Crippen LogP contribution in [0.15, 0.2) is 48.5 Å². The summed E-state index contributed by atoms with van der Waals surface area (Å²) in [6, 6.07) is 14.9. The average Bonchev–Trinajstić information content (AvgIpc) is 2.46. The number of carbonyl (C=O) groups excluding carboxylic acids is 1. The largest absolute Gasteiger partial charge is 0.490 e. The van der Waals surface area contributed by atoms with Crippen molar-refractivity contribution in [3.05, 3.63) is 59.7 Å². The van der Waals surface area contributed by atoms with Gasteiger partial charge >= 0.3 is 0 Å². The number of hydrogen-bond acceptors (Lipinski definition) is 3. The van der Waals surface area contributed by atoms with E-state index in [0.717, 1.165) is 23.3 Å². The molecule has 0 spiro atoms. The summed E-state index contributed by atoms with van der Waals surface area (Å²) >= 11 is 0. The Morgan fingerprint density at radius 2 is 1.63 bits per heavy atom. The monoisotopic (exact) mass is 256 g/mol. The van der Waals surface area contributed by atoms with E-state index in [1.54, 1.807) is 24.3 Å². The minimum absolute atomic E-state index is 0.467. The van der Waals surface area contributed by atoms with Crippen LogP contribution in [-0.2, 0) is 0 Å². The summed E-state index contributed by atoms with van der Waals surface area (Å²) in [5, 5.41) is 0. The third-order valence-electron chi connectivity index (χ3n) is 2.72. The number of para-hydroxylation sites is 1. The van der Waals surface area contributed by atoms with Crippen LogP contribution >= 0.6 is 0 Å². The van der Waals surface area contributed by atoms with Gasteiger partial charge in [-0.3, -0.25) is 4.79 Å². The topological polar surface area (TPSA) is 35.5 Å². The number of benzene rings is 2. The molecule has 0 aliphatic heterocycles. The first-order valence-electron chi connectivity index (χ1n) is 6.16. The molecule has 3 heteroatoms. The van der Waals surface area contributed by atoms with Crippen LogP contribution in [0.5, 0.6) is 11.5 Å². The van der Waals surface area contributed by atoms with Gasteiger partial charge in [-0.15, -0.1) is 0 Å². The fraction of sp³-hybridized carbons (Fsp3) is 0.188. The molecule has 98 valence electrons. The SMILES string of the molecule is Cc1ccccc1OCCOc1ccc(C=O)cc1. The van der Waals surface area contributed by atoms with Gasteiger partial charge in [0.05, 0.1) is 0 Å². The Balaban J connectivity index is 1.77. The van der Waals surface area contributed by atoms with E-state index in [1.807, 2.05) is 31.2 Å². The van der Waals surface area contributed by atoms with Gasteiger partial charge in [-0.25, -0.2) is 0 Å². The van der Waals surface area contributed by atoms with Gasteiger partial charge in [-0.05, 0) is 42.8 Å². The molecule has 3 nitrogen and oxygen atoms in total. The van der Waals surface area contributed by atoms with Gasteiger partial charge in [0.2, 0.25) is 0 Å². The molecule has 0 saturated heterocycles. The maximum atomic E-state index is 10.5. The van der Waals surface area contributed by atoms with E-state index < -0.39 is 0 Å². The summed E-state index contributed by atoms with van der Waals surface area (Å²) in [6.45, 7) is 2.96. The first-order chi connectivity index (χ1) is 9.29. The lowest BCUT2D eigenvalue weighted by Gasteiger charge is -2.10. The molecule has 0 radical (unpaired) electrons. The number of hydrogen-bond donors (Lipinski definition) is 0. The van der Waals surface area contributed by atoms with Crippen LogP contribution in [0.4, 0.5) is 0 Å². The van der Waals surface area contributed by atoms with Gasteiger partial charge in [0.15, 0.2) is 0 Å². The zero-order valence-electron chi connectivity index (χ0n) is 10.8. The summed E-state index contributed by atoms with van der Waals surface area (Å²) in [5.41, 5.74) is 1.75. The molecule has 0 aromatic heterocycles. The van der Waals surface area contributed by atoms with Crippen LogP contribution in [0.1, 0.15) is 15.9 Å². The lowest BCUT2D eigenvalue weighted by Crippen LogP contribution is -2.09. The number of aldehydes is 1. The molecule has 0 heterocycles. The molecule has 0 atom stereocenters. The number of carbonyl (C=O) groups is 1. The highest BCUT2D eigenvalue weighted by molar-refractivity contribution is 5.74. The zero-order chi connectivity index (χ0) is 13.5. The molecule has 0 fully saturated rings. The van der Waals surface area contributed by atoms with Gasteiger partial charge in [-0.2, -0.15) is 0 Å².